The lowest BCUT2D eigenvalue weighted by Gasteiger charge is -2.26. The van der Waals surface area contributed by atoms with E-state index in [9.17, 15) is 0 Å². The number of rotatable bonds is 9. The van der Waals surface area contributed by atoms with E-state index in [2.05, 4.69) is 40.3 Å². The van der Waals surface area contributed by atoms with Crippen LogP contribution in [0.4, 0.5) is 0 Å². The molecular weight excluding hydrogens is 420 g/mol. The van der Waals surface area contributed by atoms with Gasteiger partial charge in [0.05, 0.1) is 18.3 Å². The van der Waals surface area contributed by atoms with E-state index < -0.39 is 0 Å². The second-order valence-electron chi connectivity index (χ2n) is 8.14. The van der Waals surface area contributed by atoms with Crippen molar-refractivity contribution < 1.29 is 9.15 Å². The molecule has 1 N–H and O–H groups in total. The van der Waals surface area contributed by atoms with E-state index in [0.717, 1.165) is 53.2 Å². The van der Waals surface area contributed by atoms with E-state index in [-0.39, 0.29) is 12.1 Å². The van der Waals surface area contributed by atoms with Gasteiger partial charge in [0.2, 0.25) is 0 Å². The second-order valence-corrected chi connectivity index (χ2v) is 8.52. The first kappa shape index (κ1) is 22.3. The Kier molecular flexibility index (Phi) is 7.07. The average molecular weight is 451 g/mol. The summed E-state index contributed by atoms with van der Waals surface area (Å²) in [6, 6.07) is 17.9. The van der Waals surface area contributed by atoms with E-state index in [4.69, 9.17) is 21.4 Å². The number of pyridine rings is 1. The fourth-order valence-corrected chi connectivity index (χ4v) is 4.39. The van der Waals surface area contributed by atoms with Crippen molar-refractivity contribution in [3.8, 4) is 17.1 Å². The molecule has 0 saturated carbocycles. The Morgan fingerprint density at radius 1 is 1.12 bits per heavy atom. The van der Waals surface area contributed by atoms with Gasteiger partial charge in [-0.2, -0.15) is 0 Å². The van der Waals surface area contributed by atoms with E-state index in [1.165, 1.54) is 0 Å². The molecule has 2 aromatic heterocycles. The van der Waals surface area contributed by atoms with Crippen molar-refractivity contribution in [2.45, 2.75) is 25.4 Å². The molecule has 0 spiro atoms. The highest BCUT2D eigenvalue weighted by Crippen LogP contribution is 2.40. The predicted octanol–water partition coefficient (Wildman–Crippen LogP) is 4.66. The Morgan fingerprint density at radius 3 is 2.62 bits per heavy atom. The molecule has 1 aliphatic rings. The quantitative estimate of drug-likeness (QED) is 0.476. The largest absolute Gasteiger partial charge is 0.494 e. The average Bonchev–Trinajstić information content (AvgIpc) is 3.40. The molecule has 0 aliphatic carbocycles. The summed E-state index contributed by atoms with van der Waals surface area (Å²) in [6.45, 7) is 4.47. The summed E-state index contributed by atoms with van der Waals surface area (Å²) in [5.74, 6) is 2.56. The number of hydrogen-bond acceptors (Lipinski definition) is 5. The Hall–Kier alpha value is -2.90. The van der Waals surface area contributed by atoms with Crippen LogP contribution in [0.5, 0.6) is 5.75 Å². The Balaban J connectivity index is 1.62. The highest BCUT2D eigenvalue weighted by Gasteiger charge is 2.41. The first-order valence-electron chi connectivity index (χ1n) is 11.0. The SMILES string of the molecule is CCOc1ccc(-c2ccc([C@H]3[C@@H](c4ccccn4)NC(=S)N3CCCN(C)C)o2)cc1. The molecule has 4 rings (SSSR count). The van der Waals surface area contributed by atoms with Gasteiger partial charge in [0.25, 0.3) is 0 Å². The third-order valence-corrected chi connectivity index (χ3v) is 5.92. The lowest BCUT2D eigenvalue weighted by Crippen LogP contribution is -2.32. The first-order valence-corrected chi connectivity index (χ1v) is 11.4. The van der Waals surface area contributed by atoms with Crippen molar-refractivity contribution >= 4 is 17.3 Å². The van der Waals surface area contributed by atoms with Crippen LogP contribution in [0.3, 0.4) is 0 Å². The monoisotopic (exact) mass is 450 g/mol. The molecule has 32 heavy (non-hydrogen) atoms. The fourth-order valence-electron chi connectivity index (χ4n) is 4.06. The van der Waals surface area contributed by atoms with Crippen molar-refractivity contribution in [1.82, 2.24) is 20.1 Å². The zero-order chi connectivity index (χ0) is 22.5. The van der Waals surface area contributed by atoms with Crippen LogP contribution in [0.2, 0.25) is 0 Å². The molecule has 1 aromatic carbocycles. The molecule has 1 fully saturated rings. The molecule has 1 aliphatic heterocycles. The molecular formula is C25H30N4O2S. The first-order chi connectivity index (χ1) is 15.6. The number of nitrogens with zero attached hydrogens (tertiary/aromatic N) is 3. The predicted molar refractivity (Wildman–Crippen MR) is 131 cm³/mol. The van der Waals surface area contributed by atoms with Crippen molar-refractivity contribution in [1.29, 1.82) is 0 Å². The molecule has 168 valence electrons. The highest BCUT2D eigenvalue weighted by molar-refractivity contribution is 7.80. The molecule has 1 saturated heterocycles. The maximum atomic E-state index is 6.39. The minimum absolute atomic E-state index is 0.0592. The molecule has 3 heterocycles. The van der Waals surface area contributed by atoms with Crippen LogP contribution >= 0.6 is 12.2 Å². The molecule has 7 heteroatoms. The van der Waals surface area contributed by atoms with Gasteiger partial charge in [0, 0.05) is 18.3 Å². The van der Waals surface area contributed by atoms with Gasteiger partial charge in [-0.15, -0.1) is 0 Å². The topological polar surface area (TPSA) is 53.8 Å². The summed E-state index contributed by atoms with van der Waals surface area (Å²) in [5.41, 5.74) is 1.97. The lowest BCUT2D eigenvalue weighted by atomic mass is 10.0. The van der Waals surface area contributed by atoms with Crippen LogP contribution in [0.1, 0.15) is 36.9 Å². The van der Waals surface area contributed by atoms with Gasteiger partial charge in [0.15, 0.2) is 5.11 Å². The fraction of sp³-hybridized carbons (Fsp3) is 0.360. The van der Waals surface area contributed by atoms with E-state index in [1.54, 1.807) is 0 Å². The normalized spacial score (nSPS) is 18.2. The number of thiocarbonyl (C=S) groups is 1. The number of nitrogens with one attached hydrogen (secondary N) is 1. The lowest BCUT2D eigenvalue weighted by molar-refractivity contribution is 0.261. The Labute approximate surface area is 195 Å². The molecule has 0 radical (unpaired) electrons. The highest BCUT2D eigenvalue weighted by atomic mass is 32.1. The van der Waals surface area contributed by atoms with Crippen LogP contribution in [-0.2, 0) is 0 Å². The minimum atomic E-state index is -0.0672. The van der Waals surface area contributed by atoms with Crippen molar-refractivity contribution in [2.75, 3.05) is 33.8 Å². The van der Waals surface area contributed by atoms with Crippen LogP contribution in [0.15, 0.2) is 65.2 Å². The van der Waals surface area contributed by atoms with Crippen LogP contribution < -0.4 is 10.1 Å². The van der Waals surface area contributed by atoms with Gasteiger partial charge in [-0.05, 0) is 94.7 Å². The zero-order valence-corrected chi connectivity index (χ0v) is 19.6. The summed E-state index contributed by atoms with van der Waals surface area (Å²) in [7, 11) is 4.18. The van der Waals surface area contributed by atoms with Crippen LogP contribution in [-0.4, -0.2) is 53.7 Å². The number of benzene rings is 1. The number of furan rings is 1. The van der Waals surface area contributed by atoms with Gasteiger partial charge < -0.3 is 24.3 Å². The van der Waals surface area contributed by atoms with Crippen molar-refractivity contribution in [2.24, 2.45) is 0 Å². The number of aromatic nitrogens is 1. The molecule has 0 unspecified atom stereocenters. The van der Waals surface area contributed by atoms with Gasteiger partial charge in [-0.1, -0.05) is 6.07 Å². The van der Waals surface area contributed by atoms with Gasteiger partial charge in [0.1, 0.15) is 23.3 Å². The summed E-state index contributed by atoms with van der Waals surface area (Å²) < 4.78 is 11.9. The molecule has 2 atom stereocenters. The maximum Gasteiger partial charge on any atom is 0.170 e. The van der Waals surface area contributed by atoms with Gasteiger partial charge in [-0.25, -0.2) is 0 Å². The zero-order valence-electron chi connectivity index (χ0n) is 18.8. The van der Waals surface area contributed by atoms with E-state index in [0.29, 0.717) is 6.61 Å². The smallest absolute Gasteiger partial charge is 0.170 e. The summed E-state index contributed by atoms with van der Waals surface area (Å²) in [5, 5.41) is 4.22. The summed E-state index contributed by atoms with van der Waals surface area (Å²) in [4.78, 5) is 9.02. The van der Waals surface area contributed by atoms with Gasteiger partial charge >= 0.3 is 0 Å². The summed E-state index contributed by atoms with van der Waals surface area (Å²) in [6.07, 6.45) is 2.83. The van der Waals surface area contributed by atoms with E-state index in [1.807, 2.05) is 61.7 Å². The standard InChI is InChI=1S/C25H30N4O2S/c1-4-30-19-11-9-18(10-12-19)21-13-14-22(31-21)24-23(20-8-5-6-15-26-20)27-25(32)29(24)17-7-16-28(2)3/h5-6,8-15,23-24H,4,7,16-17H2,1-3H3,(H,27,32)/t23-,24+/m1/s1. The maximum absolute atomic E-state index is 6.39. The Bertz CT molecular complexity index is 1020. The molecule has 6 nitrogen and oxygen atoms in total. The summed E-state index contributed by atoms with van der Waals surface area (Å²) >= 11 is 5.73. The van der Waals surface area contributed by atoms with Crippen molar-refractivity contribution in [3.63, 3.8) is 0 Å². The van der Waals surface area contributed by atoms with Crippen molar-refractivity contribution in [3.05, 3.63) is 72.2 Å². The molecule has 3 aromatic rings. The third kappa shape index (κ3) is 4.95. The molecule has 0 amide bonds. The van der Waals surface area contributed by atoms with Crippen LogP contribution in [0, 0.1) is 0 Å². The third-order valence-electron chi connectivity index (χ3n) is 5.57. The van der Waals surface area contributed by atoms with Crippen LogP contribution in [0.25, 0.3) is 11.3 Å². The number of hydrogen-bond donors (Lipinski definition) is 1. The molecule has 0 bridgehead atoms. The number of ether oxygens (including phenoxy) is 1. The van der Waals surface area contributed by atoms with Gasteiger partial charge in [-0.3, -0.25) is 4.98 Å². The second kappa shape index (κ2) is 10.1. The van der Waals surface area contributed by atoms with E-state index >= 15 is 0 Å². The Morgan fingerprint density at radius 2 is 1.94 bits per heavy atom. The minimum Gasteiger partial charge on any atom is -0.494 e.